The molecule has 4 nitrogen and oxygen atoms in total. The molecule has 0 saturated heterocycles. The summed E-state index contributed by atoms with van der Waals surface area (Å²) in [7, 11) is 0. The van der Waals surface area contributed by atoms with Crippen LogP contribution < -0.4 is 5.73 Å². The Morgan fingerprint density at radius 2 is 2.09 bits per heavy atom. The van der Waals surface area contributed by atoms with Crippen molar-refractivity contribution in [3.8, 4) is 0 Å². The van der Waals surface area contributed by atoms with Gasteiger partial charge in [-0.3, -0.25) is 0 Å². The number of nitrogens with two attached hydrogens (primary N) is 1. The normalized spacial score (nSPS) is 22.4. The number of amidine groups is 1. The smallest absolute Gasteiger partial charge is 0.335 e. The van der Waals surface area contributed by atoms with E-state index in [9.17, 15) is 4.79 Å². The molecule has 0 amide bonds. The molecule has 2 rings (SSSR count). The van der Waals surface area contributed by atoms with Crippen LogP contribution in [-0.4, -0.2) is 11.8 Å². The Morgan fingerprint density at radius 3 is 2.77 bits per heavy atom. The van der Waals surface area contributed by atoms with Gasteiger partial charge in [0.15, 0.2) is 5.84 Å². The zero-order chi connectivity index (χ0) is 15.9. The van der Waals surface area contributed by atoms with E-state index in [0.29, 0.717) is 18.3 Å². The molecule has 0 bridgehead atoms. The fourth-order valence-corrected chi connectivity index (χ4v) is 3.07. The molecule has 118 valence electrons. The molecule has 2 atom stereocenters. The third-order valence-corrected chi connectivity index (χ3v) is 4.02. The van der Waals surface area contributed by atoms with E-state index < -0.39 is 0 Å². The molecule has 2 N–H and O–H groups in total. The molecule has 1 saturated carbocycles. The van der Waals surface area contributed by atoms with Crippen LogP contribution in [0.15, 0.2) is 47.6 Å². The first-order valence-corrected chi connectivity index (χ1v) is 7.80. The molecule has 0 spiro atoms. The van der Waals surface area contributed by atoms with Crippen LogP contribution in [0.5, 0.6) is 0 Å². The van der Waals surface area contributed by atoms with E-state index in [-0.39, 0.29) is 11.8 Å². The van der Waals surface area contributed by atoms with Gasteiger partial charge in [-0.2, -0.15) is 0 Å². The van der Waals surface area contributed by atoms with Gasteiger partial charge in [-0.05, 0) is 37.5 Å². The fraction of sp³-hybridized carbons (Fsp3) is 0.444. The number of benzene rings is 1. The summed E-state index contributed by atoms with van der Waals surface area (Å²) in [5.41, 5.74) is 7.82. The second-order valence-corrected chi connectivity index (χ2v) is 6.21. The van der Waals surface area contributed by atoms with Crippen molar-refractivity contribution in [1.29, 1.82) is 0 Å². The second kappa shape index (κ2) is 7.78. The van der Waals surface area contributed by atoms with Gasteiger partial charge in [-0.1, -0.05) is 54.6 Å². The summed E-state index contributed by atoms with van der Waals surface area (Å²) in [4.78, 5) is 16.7. The van der Waals surface area contributed by atoms with Crippen LogP contribution >= 0.6 is 0 Å². The summed E-state index contributed by atoms with van der Waals surface area (Å²) in [6.45, 7) is 6.32. The Bertz CT molecular complexity index is 551. The molecule has 2 unspecified atom stereocenters. The van der Waals surface area contributed by atoms with Crippen molar-refractivity contribution in [2.24, 2.45) is 22.7 Å². The van der Waals surface area contributed by atoms with Crippen LogP contribution in [0.1, 0.15) is 44.6 Å². The van der Waals surface area contributed by atoms with Gasteiger partial charge in [-0.25, -0.2) is 4.79 Å². The molecular weight excluding hydrogens is 276 g/mol. The highest BCUT2D eigenvalue weighted by molar-refractivity contribution is 5.97. The monoisotopic (exact) mass is 300 g/mol. The first kappa shape index (κ1) is 16.3. The van der Waals surface area contributed by atoms with Crippen molar-refractivity contribution in [2.75, 3.05) is 0 Å². The number of carbonyl (C=O) groups excluding carboxylic acids is 1. The van der Waals surface area contributed by atoms with Gasteiger partial charge in [-0.15, -0.1) is 0 Å². The molecular formula is C18H24N2O2. The Labute approximate surface area is 132 Å². The van der Waals surface area contributed by atoms with E-state index in [1.54, 1.807) is 0 Å². The maximum absolute atomic E-state index is 11.8. The summed E-state index contributed by atoms with van der Waals surface area (Å²) < 4.78 is 0. The Hall–Kier alpha value is -2.10. The number of hydrogen-bond donors (Lipinski definition) is 1. The summed E-state index contributed by atoms with van der Waals surface area (Å²) in [5.74, 6) is 1.07. The minimum atomic E-state index is -0.331. The number of oxime groups is 1. The topological polar surface area (TPSA) is 64.7 Å². The SMILES string of the molecule is C=C1CC(C)CC(CCC(=O)O/N=C(\N)c2ccccc2)C1. The molecule has 0 heterocycles. The lowest BCUT2D eigenvalue weighted by Crippen LogP contribution is -2.17. The predicted molar refractivity (Wildman–Crippen MR) is 88.1 cm³/mol. The van der Waals surface area contributed by atoms with Gasteiger partial charge >= 0.3 is 5.97 Å². The lowest BCUT2D eigenvalue weighted by atomic mass is 9.78. The minimum absolute atomic E-state index is 0.216. The molecule has 0 radical (unpaired) electrons. The van der Waals surface area contributed by atoms with Crippen molar-refractivity contribution in [1.82, 2.24) is 0 Å². The van der Waals surface area contributed by atoms with Crippen LogP contribution in [0.4, 0.5) is 0 Å². The zero-order valence-corrected chi connectivity index (χ0v) is 13.1. The molecule has 1 aromatic rings. The predicted octanol–water partition coefficient (Wildman–Crippen LogP) is 3.62. The van der Waals surface area contributed by atoms with E-state index in [2.05, 4.69) is 18.7 Å². The Balaban J connectivity index is 1.77. The number of allylic oxidation sites excluding steroid dienone is 1. The number of nitrogens with zero attached hydrogens (tertiary/aromatic N) is 1. The molecule has 22 heavy (non-hydrogen) atoms. The molecule has 1 aliphatic carbocycles. The van der Waals surface area contributed by atoms with Gasteiger partial charge < -0.3 is 10.6 Å². The third-order valence-electron chi connectivity index (χ3n) is 4.02. The van der Waals surface area contributed by atoms with E-state index in [0.717, 1.165) is 31.2 Å². The highest BCUT2D eigenvalue weighted by Gasteiger charge is 2.22. The summed E-state index contributed by atoms with van der Waals surface area (Å²) in [6.07, 6.45) is 4.48. The molecule has 0 aromatic heterocycles. The average molecular weight is 300 g/mol. The summed E-state index contributed by atoms with van der Waals surface area (Å²) >= 11 is 0. The van der Waals surface area contributed by atoms with Gasteiger partial charge in [0.05, 0.1) is 0 Å². The van der Waals surface area contributed by atoms with Crippen LogP contribution in [0.25, 0.3) is 0 Å². The molecule has 4 heteroatoms. The van der Waals surface area contributed by atoms with Gasteiger partial charge in [0, 0.05) is 12.0 Å². The van der Waals surface area contributed by atoms with Crippen molar-refractivity contribution >= 4 is 11.8 Å². The molecule has 1 aliphatic rings. The van der Waals surface area contributed by atoms with Gasteiger partial charge in [0.25, 0.3) is 0 Å². The number of hydrogen-bond acceptors (Lipinski definition) is 3. The molecule has 0 aliphatic heterocycles. The van der Waals surface area contributed by atoms with E-state index in [1.807, 2.05) is 30.3 Å². The highest BCUT2D eigenvalue weighted by atomic mass is 16.7. The van der Waals surface area contributed by atoms with Crippen molar-refractivity contribution in [3.05, 3.63) is 48.0 Å². The maximum atomic E-state index is 11.8. The van der Waals surface area contributed by atoms with Gasteiger partial charge in [0.1, 0.15) is 0 Å². The molecule has 1 fully saturated rings. The quantitative estimate of drug-likeness (QED) is 0.297. The Kier molecular flexibility index (Phi) is 5.75. The van der Waals surface area contributed by atoms with E-state index in [1.165, 1.54) is 5.57 Å². The lowest BCUT2D eigenvalue weighted by molar-refractivity contribution is -0.144. The zero-order valence-electron chi connectivity index (χ0n) is 13.1. The fourth-order valence-electron chi connectivity index (χ4n) is 3.07. The van der Waals surface area contributed by atoms with Crippen molar-refractivity contribution in [2.45, 2.75) is 39.0 Å². The number of rotatable bonds is 5. The lowest BCUT2D eigenvalue weighted by Gasteiger charge is -2.28. The summed E-state index contributed by atoms with van der Waals surface area (Å²) in [6, 6.07) is 9.25. The number of carbonyl (C=O) groups is 1. The standard InChI is InChI=1S/C18H24N2O2/c1-13-10-14(2)12-15(11-13)8-9-17(21)22-20-18(19)16-6-4-3-5-7-16/h3-7,14-15H,1,8-12H2,2H3,(H2,19,20). The van der Waals surface area contributed by atoms with Crippen LogP contribution in [0.3, 0.4) is 0 Å². The largest absolute Gasteiger partial charge is 0.380 e. The maximum Gasteiger partial charge on any atom is 0.335 e. The Morgan fingerprint density at radius 1 is 1.36 bits per heavy atom. The molecule has 1 aromatic carbocycles. The third kappa shape index (κ3) is 5.02. The second-order valence-electron chi connectivity index (χ2n) is 6.21. The van der Waals surface area contributed by atoms with E-state index >= 15 is 0 Å². The van der Waals surface area contributed by atoms with Crippen LogP contribution in [-0.2, 0) is 9.63 Å². The van der Waals surface area contributed by atoms with Gasteiger partial charge in [0.2, 0.25) is 0 Å². The first-order valence-electron chi connectivity index (χ1n) is 7.80. The van der Waals surface area contributed by atoms with E-state index in [4.69, 9.17) is 10.6 Å². The first-order chi connectivity index (χ1) is 10.5. The minimum Gasteiger partial charge on any atom is -0.380 e. The average Bonchev–Trinajstić information content (AvgIpc) is 2.50. The summed E-state index contributed by atoms with van der Waals surface area (Å²) in [5, 5.41) is 3.72. The van der Waals surface area contributed by atoms with Crippen LogP contribution in [0, 0.1) is 11.8 Å². The highest BCUT2D eigenvalue weighted by Crippen LogP contribution is 2.34. The van der Waals surface area contributed by atoms with Crippen LogP contribution in [0.2, 0.25) is 0 Å². The van der Waals surface area contributed by atoms with Crippen molar-refractivity contribution in [3.63, 3.8) is 0 Å². The van der Waals surface area contributed by atoms with Crippen molar-refractivity contribution < 1.29 is 9.63 Å².